The Kier molecular flexibility index (Phi) is 4.79. The summed E-state index contributed by atoms with van der Waals surface area (Å²) in [5.41, 5.74) is 8.77. The van der Waals surface area contributed by atoms with Gasteiger partial charge in [-0.05, 0) is 121 Å². The van der Waals surface area contributed by atoms with E-state index in [0.29, 0.717) is 5.56 Å². The van der Waals surface area contributed by atoms with E-state index in [4.69, 9.17) is 0 Å². The summed E-state index contributed by atoms with van der Waals surface area (Å²) in [6.07, 6.45) is 3.75. The van der Waals surface area contributed by atoms with Gasteiger partial charge in [0.25, 0.3) is 0 Å². The summed E-state index contributed by atoms with van der Waals surface area (Å²) in [6, 6.07) is 48.3. The standard InChI is InChI=1S/C42H23N3/c43-23-30-13-15-37-42-36(30)14-12-29-21-34(22-38(41(29)42)45(37)35-6-2-1-3-7-35)33-19-27-10-8-25-17-32(31-5-4-16-44-24-31)18-26-9-11-28(20-33)40(27)39(25)26/h1-22,24H. The van der Waals surface area contributed by atoms with Crippen LogP contribution in [0.3, 0.4) is 0 Å². The molecule has 0 aliphatic rings. The van der Waals surface area contributed by atoms with Crippen molar-refractivity contribution in [2.75, 3.05) is 0 Å². The molecule has 45 heavy (non-hydrogen) atoms. The first kappa shape index (κ1) is 24.2. The maximum atomic E-state index is 9.89. The van der Waals surface area contributed by atoms with Crippen LogP contribution in [0.25, 0.3) is 92.8 Å². The number of rotatable bonds is 3. The molecule has 0 spiro atoms. The second-order valence-electron chi connectivity index (χ2n) is 12.0. The van der Waals surface area contributed by atoms with Crippen LogP contribution in [0.1, 0.15) is 5.56 Å². The molecule has 3 nitrogen and oxygen atoms in total. The van der Waals surface area contributed by atoms with Gasteiger partial charge >= 0.3 is 0 Å². The van der Waals surface area contributed by atoms with Crippen LogP contribution < -0.4 is 0 Å². The van der Waals surface area contributed by atoms with Crippen LogP contribution >= 0.6 is 0 Å². The Labute approximate surface area is 258 Å². The van der Waals surface area contributed by atoms with Crippen molar-refractivity contribution in [1.82, 2.24) is 9.55 Å². The predicted octanol–water partition coefficient (Wildman–Crippen LogP) is 10.9. The van der Waals surface area contributed by atoms with Gasteiger partial charge in [0.05, 0.1) is 22.7 Å². The SMILES string of the molecule is N#Cc1ccc2c3c1ccc1cc(-c4cc5ccc6cc(-c7cccnc7)cc7ccc(c4)c5c67)cc(c13)n2-c1ccccc1. The van der Waals surface area contributed by atoms with E-state index in [1.807, 2.05) is 24.5 Å². The summed E-state index contributed by atoms with van der Waals surface area (Å²) >= 11 is 0. The summed E-state index contributed by atoms with van der Waals surface area (Å²) in [5, 5.41) is 22.0. The minimum Gasteiger partial charge on any atom is -0.309 e. The van der Waals surface area contributed by atoms with Gasteiger partial charge in [-0.15, -0.1) is 0 Å². The number of benzene rings is 8. The van der Waals surface area contributed by atoms with Gasteiger partial charge in [-0.25, -0.2) is 0 Å². The van der Waals surface area contributed by atoms with Gasteiger partial charge in [-0.1, -0.05) is 60.7 Å². The highest BCUT2D eigenvalue weighted by molar-refractivity contribution is 6.27. The molecule has 0 saturated heterocycles. The van der Waals surface area contributed by atoms with Gasteiger partial charge in [0.1, 0.15) is 0 Å². The van der Waals surface area contributed by atoms with Gasteiger partial charge in [0, 0.05) is 39.8 Å². The predicted molar refractivity (Wildman–Crippen MR) is 187 cm³/mol. The molecule has 0 aliphatic carbocycles. The fourth-order valence-corrected chi connectivity index (χ4v) is 7.59. The molecule has 10 rings (SSSR count). The van der Waals surface area contributed by atoms with E-state index in [2.05, 4.69) is 131 Å². The molecule has 0 radical (unpaired) electrons. The molecule has 0 N–H and O–H groups in total. The van der Waals surface area contributed by atoms with E-state index in [9.17, 15) is 5.26 Å². The summed E-state index contributed by atoms with van der Waals surface area (Å²) < 4.78 is 2.35. The molecule has 206 valence electrons. The van der Waals surface area contributed by atoms with Gasteiger partial charge < -0.3 is 4.57 Å². The fraction of sp³-hybridized carbons (Fsp3) is 0. The third-order valence-electron chi connectivity index (χ3n) is 9.53. The number of para-hydroxylation sites is 1. The molecule has 2 aromatic heterocycles. The van der Waals surface area contributed by atoms with Crippen molar-refractivity contribution >= 4 is 64.9 Å². The number of aromatic nitrogens is 2. The normalized spacial score (nSPS) is 12.0. The Morgan fingerprint density at radius 3 is 1.71 bits per heavy atom. The molecule has 0 unspecified atom stereocenters. The quantitative estimate of drug-likeness (QED) is 0.199. The van der Waals surface area contributed by atoms with Crippen molar-refractivity contribution in [3.8, 4) is 34.0 Å². The van der Waals surface area contributed by atoms with Crippen molar-refractivity contribution < 1.29 is 0 Å². The summed E-state index contributed by atoms with van der Waals surface area (Å²) in [5.74, 6) is 0. The minimum absolute atomic E-state index is 0.708. The van der Waals surface area contributed by atoms with Crippen LogP contribution in [0.15, 0.2) is 140 Å². The topological polar surface area (TPSA) is 41.6 Å². The first-order valence-corrected chi connectivity index (χ1v) is 15.2. The van der Waals surface area contributed by atoms with Crippen molar-refractivity contribution in [2.45, 2.75) is 0 Å². The number of nitriles is 1. The highest BCUT2D eigenvalue weighted by Crippen LogP contribution is 2.44. The van der Waals surface area contributed by atoms with Crippen LogP contribution in [-0.2, 0) is 0 Å². The maximum absolute atomic E-state index is 9.89. The van der Waals surface area contributed by atoms with Crippen molar-refractivity contribution in [3.05, 3.63) is 145 Å². The van der Waals surface area contributed by atoms with Gasteiger partial charge in [-0.3, -0.25) is 4.98 Å². The lowest BCUT2D eigenvalue weighted by Crippen LogP contribution is -1.93. The number of hydrogen-bond acceptors (Lipinski definition) is 2. The van der Waals surface area contributed by atoms with Crippen LogP contribution in [-0.4, -0.2) is 9.55 Å². The molecule has 10 aromatic rings. The van der Waals surface area contributed by atoms with Gasteiger partial charge in [0.15, 0.2) is 0 Å². The van der Waals surface area contributed by atoms with E-state index in [-0.39, 0.29) is 0 Å². The molecule has 2 heterocycles. The maximum Gasteiger partial charge on any atom is 0.0998 e. The first-order chi connectivity index (χ1) is 22.2. The largest absolute Gasteiger partial charge is 0.309 e. The average Bonchev–Trinajstić information content (AvgIpc) is 3.44. The van der Waals surface area contributed by atoms with E-state index >= 15 is 0 Å². The number of nitrogens with zero attached hydrogens (tertiary/aromatic N) is 3. The van der Waals surface area contributed by atoms with Crippen LogP contribution in [0.4, 0.5) is 0 Å². The van der Waals surface area contributed by atoms with E-state index in [1.165, 1.54) is 59.8 Å². The highest BCUT2D eigenvalue weighted by Gasteiger charge is 2.20. The molecule has 0 saturated carbocycles. The second-order valence-corrected chi connectivity index (χ2v) is 12.0. The third kappa shape index (κ3) is 3.37. The third-order valence-corrected chi connectivity index (χ3v) is 9.53. The second kappa shape index (κ2) is 8.89. The zero-order valence-electron chi connectivity index (χ0n) is 24.1. The van der Waals surface area contributed by atoms with Crippen molar-refractivity contribution in [2.24, 2.45) is 0 Å². The monoisotopic (exact) mass is 569 g/mol. The lowest BCUT2D eigenvalue weighted by atomic mass is 9.89. The first-order valence-electron chi connectivity index (χ1n) is 15.2. The number of pyridine rings is 1. The number of hydrogen-bond donors (Lipinski definition) is 0. The summed E-state index contributed by atoms with van der Waals surface area (Å²) in [7, 11) is 0. The molecule has 0 bridgehead atoms. The van der Waals surface area contributed by atoms with E-state index in [1.54, 1.807) is 0 Å². The Morgan fingerprint density at radius 2 is 1.09 bits per heavy atom. The Hall–Kier alpha value is -6.24. The van der Waals surface area contributed by atoms with E-state index in [0.717, 1.165) is 33.1 Å². The summed E-state index contributed by atoms with van der Waals surface area (Å²) in [6.45, 7) is 0. The lowest BCUT2D eigenvalue weighted by molar-refractivity contribution is 1.18. The Morgan fingerprint density at radius 1 is 0.489 bits per heavy atom. The van der Waals surface area contributed by atoms with Crippen LogP contribution in [0.2, 0.25) is 0 Å². The van der Waals surface area contributed by atoms with Crippen LogP contribution in [0.5, 0.6) is 0 Å². The average molecular weight is 570 g/mol. The molecule has 0 fully saturated rings. The van der Waals surface area contributed by atoms with Crippen molar-refractivity contribution in [3.63, 3.8) is 0 Å². The fourth-order valence-electron chi connectivity index (χ4n) is 7.59. The molecule has 0 atom stereocenters. The summed E-state index contributed by atoms with van der Waals surface area (Å²) in [4.78, 5) is 4.34. The Bertz CT molecular complexity index is 2740. The molecule has 3 heteroatoms. The van der Waals surface area contributed by atoms with E-state index < -0.39 is 0 Å². The van der Waals surface area contributed by atoms with Gasteiger partial charge in [-0.2, -0.15) is 5.26 Å². The lowest BCUT2D eigenvalue weighted by Gasteiger charge is -2.15. The molecular weight excluding hydrogens is 546 g/mol. The highest BCUT2D eigenvalue weighted by atomic mass is 15.0. The van der Waals surface area contributed by atoms with Crippen LogP contribution in [0, 0.1) is 11.3 Å². The smallest absolute Gasteiger partial charge is 0.0998 e. The Balaban J connectivity index is 1.23. The molecule has 0 aliphatic heterocycles. The zero-order valence-corrected chi connectivity index (χ0v) is 24.1. The molecule has 0 amide bonds. The molecule has 8 aromatic carbocycles. The van der Waals surface area contributed by atoms with Gasteiger partial charge in [0.2, 0.25) is 0 Å². The molecular formula is C42H23N3. The minimum atomic E-state index is 0.708. The van der Waals surface area contributed by atoms with Crippen molar-refractivity contribution in [1.29, 1.82) is 5.26 Å². The zero-order chi connectivity index (χ0) is 29.6.